The summed E-state index contributed by atoms with van der Waals surface area (Å²) in [4.78, 5) is 24.7. The van der Waals surface area contributed by atoms with Gasteiger partial charge in [-0.3, -0.25) is 9.59 Å². The van der Waals surface area contributed by atoms with Crippen molar-refractivity contribution in [2.24, 2.45) is 5.92 Å². The van der Waals surface area contributed by atoms with Crippen LogP contribution in [-0.4, -0.2) is 11.6 Å². The van der Waals surface area contributed by atoms with Crippen molar-refractivity contribution in [2.75, 3.05) is 0 Å². The van der Waals surface area contributed by atoms with Gasteiger partial charge >= 0.3 is 0 Å². The van der Waals surface area contributed by atoms with Gasteiger partial charge in [-0.05, 0) is 38.8 Å². The van der Waals surface area contributed by atoms with Gasteiger partial charge in [0.15, 0.2) is 11.6 Å². The maximum Gasteiger partial charge on any atom is 0.196 e. The summed E-state index contributed by atoms with van der Waals surface area (Å²) >= 11 is 0. The molecule has 102 valence electrons. The quantitative estimate of drug-likeness (QED) is 0.354. The highest BCUT2D eigenvalue weighted by atomic mass is 16.1. The van der Waals surface area contributed by atoms with Crippen LogP contribution in [0.15, 0.2) is 23.8 Å². The molecular formula is C17H22O2. The number of rotatable bonds is 4. The molecule has 0 saturated heterocycles. The van der Waals surface area contributed by atoms with E-state index in [1.54, 1.807) is 13.0 Å². The molecule has 0 aromatic heterocycles. The SMILES string of the molecule is C/C=C(/C(=O)c1c(C)cc(C)cc1C)C(=O)C(C)C. The summed E-state index contributed by atoms with van der Waals surface area (Å²) in [6.45, 7) is 11.2. The smallest absolute Gasteiger partial charge is 0.196 e. The molecule has 0 radical (unpaired) electrons. The van der Waals surface area contributed by atoms with Gasteiger partial charge in [0.25, 0.3) is 0 Å². The second-order valence-corrected chi connectivity index (χ2v) is 5.32. The Balaban J connectivity index is 3.31. The van der Waals surface area contributed by atoms with Crippen LogP contribution < -0.4 is 0 Å². The summed E-state index contributed by atoms with van der Waals surface area (Å²) in [6.07, 6.45) is 1.63. The third-order valence-corrected chi connectivity index (χ3v) is 3.23. The van der Waals surface area contributed by atoms with E-state index in [0.717, 1.165) is 16.7 Å². The Labute approximate surface area is 115 Å². The molecule has 1 aromatic carbocycles. The Kier molecular flexibility index (Phi) is 4.82. The third kappa shape index (κ3) is 3.19. The molecule has 0 N–H and O–H groups in total. The van der Waals surface area contributed by atoms with E-state index in [1.807, 2.05) is 46.8 Å². The maximum atomic E-state index is 12.6. The van der Waals surface area contributed by atoms with Crippen LogP contribution in [0.2, 0.25) is 0 Å². The minimum atomic E-state index is -0.166. The predicted octanol–water partition coefficient (Wildman–Crippen LogP) is 3.97. The normalized spacial score (nSPS) is 11.8. The van der Waals surface area contributed by atoms with E-state index in [9.17, 15) is 9.59 Å². The van der Waals surface area contributed by atoms with Gasteiger partial charge in [0.05, 0.1) is 5.57 Å². The first-order valence-electron chi connectivity index (χ1n) is 6.62. The topological polar surface area (TPSA) is 34.1 Å². The fraction of sp³-hybridized carbons (Fsp3) is 0.412. The van der Waals surface area contributed by atoms with Crippen molar-refractivity contribution in [3.8, 4) is 0 Å². The lowest BCUT2D eigenvalue weighted by Gasteiger charge is -2.13. The standard InChI is InChI=1S/C17H22O2/c1-7-14(16(18)10(2)3)17(19)15-12(5)8-11(4)9-13(15)6/h7-10H,1-6H3/b14-7+. The molecule has 0 aliphatic heterocycles. The number of carbonyl (C=O) groups excluding carboxylic acids is 2. The van der Waals surface area contributed by atoms with Crippen molar-refractivity contribution in [3.63, 3.8) is 0 Å². The first kappa shape index (κ1) is 15.4. The Morgan fingerprint density at radius 2 is 1.53 bits per heavy atom. The van der Waals surface area contributed by atoms with Crippen molar-refractivity contribution < 1.29 is 9.59 Å². The zero-order chi connectivity index (χ0) is 14.7. The highest BCUT2D eigenvalue weighted by Crippen LogP contribution is 2.21. The molecule has 0 saturated carbocycles. The lowest BCUT2D eigenvalue weighted by Crippen LogP contribution is -2.19. The second kappa shape index (κ2) is 5.96. The maximum absolute atomic E-state index is 12.6. The average Bonchev–Trinajstić information content (AvgIpc) is 2.28. The molecule has 0 spiro atoms. The third-order valence-electron chi connectivity index (χ3n) is 3.23. The van der Waals surface area contributed by atoms with Crippen molar-refractivity contribution in [1.29, 1.82) is 0 Å². The summed E-state index contributed by atoms with van der Waals surface area (Å²) in [6, 6.07) is 3.96. The van der Waals surface area contributed by atoms with E-state index in [2.05, 4.69) is 0 Å². The molecule has 0 atom stereocenters. The van der Waals surface area contributed by atoms with Crippen LogP contribution in [0, 0.1) is 26.7 Å². The second-order valence-electron chi connectivity index (χ2n) is 5.32. The number of aryl methyl sites for hydroxylation is 3. The molecule has 1 rings (SSSR count). The fourth-order valence-corrected chi connectivity index (χ4v) is 2.37. The van der Waals surface area contributed by atoms with Gasteiger partial charge < -0.3 is 0 Å². The van der Waals surface area contributed by atoms with Crippen LogP contribution >= 0.6 is 0 Å². The van der Waals surface area contributed by atoms with Crippen LogP contribution in [0.5, 0.6) is 0 Å². The number of benzene rings is 1. The average molecular weight is 258 g/mol. The summed E-state index contributed by atoms with van der Waals surface area (Å²) in [5.41, 5.74) is 3.94. The van der Waals surface area contributed by atoms with E-state index in [0.29, 0.717) is 11.1 Å². The largest absolute Gasteiger partial charge is 0.294 e. The number of allylic oxidation sites excluding steroid dienone is 2. The number of hydrogen-bond donors (Lipinski definition) is 0. The van der Waals surface area contributed by atoms with Gasteiger partial charge in [-0.15, -0.1) is 0 Å². The molecule has 0 aliphatic rings. The zero-order valence-electron chi connectivity index (χ0n) is 12.6. The molecule has 0 aliphatic carbocycles. The predicted molar refractivity (Wildman–Crippen MR) is 78.6 cm³/mol. The minimum absolute atomic E-state index is 0.0909. The van der Waals surface area contributed by atoms with E-state index in [1.165, 1.54) is 0 Å². The van der Waals surface area contributed by atoms with E-state index >= 15 is 0 Å². The molecule has 2 nitrogen and oxygen atoms in total. The monoisotopic (exact) mass is 258 g/mol. The molecular weight excluding hydrogens is 236 g/mol. The van der Waals surface area contributed by atoms with Gasteiger partial charge in [-0.2, -0.15) is 0 Å². The van der Waals surface area contributed by atoms with Crippen molar-refractivity contribution in [1.82, 2.24) is 0 Å². The molecule has 0 bridgehead atoms. The highest BCUT2D eigenvalue weighted by Gasteiger charge is 2.23. The van der Waals surface area contributed by atoms with Gasteiger partial charge in [0.1, 0.15) is 0 Å². The lowest BCUT2D eigenvalue weighted by atomic mass is 9.89. The molecule has 2 heteroatoms. The van der Waals surface area contributed by atoms with E-state index < -0.39 is 0 Å². The molecule has 0 heterocycles. The summed E-state index contributed by atoms with van der Waals surface area (Å²) < 4.78 is 0. The zero-order valence-corrected chi connectivity index (χ0v) is 12.6. The van der Waals surface area contributed by atoms with Gasteiger partial charge in [-0.25, -0.2) is 0 Å². The van der Waals surface area contributed by atoms with Gasteiger partial charge in [-0.1, -0.05) is 37.6 Å². The van der Waals surface area contributed by atoms with E-state index in [-0.39, 0.29) is 17.5 Å². The van der Waals surface area contributed by atoms with Crippen LogP contribution in [-0.2, 0) is 4.79 Å². The van der Waals surface area contributed by atoms with Crippen LogP contribution in [0.3, 0.4) is 0 Å². The van der Waals surface area contributed by atoms with E-state index in [4.69, 9.17) is 0 Å². The number of carbonyl (C=O) groups is 2. The summed E-state index contributed by atoms with van der Waals surface area (Å²) in [5.74, 6) is -0.413. The Morgan fingerprint density at radius 3 is 1.89 bits per heavy atom. The van der Waals surface area contributed by atoms with Crippen molar-refractivity contribution in [2.45, 2.75) is 41.5 Å². The first-order chi connectivity index (χ1) is 8.79. The molecule has 1 aromatic rings. The Bertz CT molecular complexity index is 525. The number of Topliss-reactive ketones (excluding diaryl/α,β-unsaturated/α-hetero) is 2. The number of ketones is 2. The minimum Gasteiger partial charge on any atom is -0.294 e. The van der Waals surface area contributed by atoms with Crippen LogP contribution in [0.1, 0.15) is 47.8 Å². The summed E-state index contributed by atoms with van der Waals surface area (Å²) in [7, 11) is 0. The molecule has 0 amide bonds. The lowest BCUT2D eigenvalue weighted by molar-refractivity contribution is -0.117. The Hall–Kier alpha value is -1.70. The van der Waals surface area contributed by atoms with Crippen molar-refractivity contribution >= 4 is 11.6 Å². The Morgan fingerprint density at radius 1 is 1.05 bits per heavy atom. The molecule has 19 heavy (non-hydrogen) atoms. The number of hydrogen-bond acceptors (Lipinski definition) is 2. The van der Waals surface area contributed by atoms with Gasteiger partial charge in [0.2, 0.25) is 0 Å². The highest BCUT2D eigenvalue weighted by molar-refractivity contribution is 6.27. The summed E-state index contributed by atoms with van der Waals surface area (Å²) in [5, 5.41) is 0. The molecule has 0 unspecified atom stereocenters. The van der Waals surface area contributed by atoms with Crippen LogP contribution in [0.4, 0.5) is 0 Å². The fourth-order valence-electron chi connectivity index (χ4n) is 2.37. The van der Waals surface area contributed by atoms with Crippen LogP contribution in [0.25, 0.3) is 0 Å². The van der Waals surface area contributed by atoms with Gasteiger partial charge in [0, 0.05) is 11.5 Å². The molecule has 0 fully saturated rings. The van der Waals surface area contributed by atoms with Crippen molar-refractivity contribution in [3.05, 3.63) is 46.0 Å². The first-order valence-corrected chi connectivity index (χ1v) is 6.62.